The minimum Gasteiger partial charge on any atom is -0.341 e. The minimum atomic E-state index is -4.61. The number of amides is 1. The summed E-state index contributed by atoms with van der Waals surface area (Å²) in [5.41, 5.74) is 0.00411. The van der Waals surface area contributed by atoms with E-state index in [4.69, 9.17) is 0 Å². The van der Waals surface area contributed by atoms with Crippen molar-refractivity contribution in [2.75, 3.05) is 46.3 Å². The van der Waals surface area contributed by atoms with E-state index in [1.807, 2.05) is 4.90 Å². The first kappa shape index (κ1) is 26.3. The van der Waals surface area contributed by atoms with E-state index in [1.165, 1.54) is 12.1 Å². The van der Waals surface area contributed by atoms with E-state index in [0.29, 0.717) is 17.1 Å². The van der Waals surface area contributed by atoms with Gasteiger partial charge in [0.05, 0.1) is 5.52 Å². The van der Waals surface area contributed by atoms with E-state index in [1.54, 1.807) is 29.1 Å². The number of pyridine rings is 1. The molecule has 0 spiro atoms. The molecular weight excluding hydrogens is 497 g/mol. The zero-order chi connectivity index (χ0) is 26.9. The summed E-state index contributed by atoms with van der Waals surface area (Å²) in [6.45, 7) is 5.96. The van der Waals surface area contributed by atoms with Crippen molar-refractivity contribution in [2.24, 2.45) is 0 Å². The number of rotatable bonds is 6. The molecule has 38 heavy (non-hydrogen) atoms. The molecule has 11 heteroatoms. The summed E-state index contributed by atoms with van der Waals surface area (Å²) in [5, 5.41) is 5.25. The number of halogens is 3. The van der Waals surface area contributed by atoms with Gasteiger partial charge in [0, 0.05) is 63.3 Å². The van der Waals surface area contributed by atoms with Crippen molar-refractivity contribution in [2.45, 2.75) is 38.0 Å². The van der Waals surface area contributed by atoms with Gasteiger partial charge in [0.15, 0.2) is 5.78 Å². The third kappa shape index (κ3) is 6.05. The molecule has 0 atom stereocenters. The Morgan fingerprint density at radius 2 is 1.74 bits per heavy atom. The molecule has 1 amide bonds. The number of hydrogen-bond acceptors (Lipinski definition) is 6. The highest BCUT2D eigenvalue weighted by atomic mass is 19.4. The van der Waals surface area contributed by atoms with Crippen LogP contribution in [-0.4, -0.2) is 93.5 Å². The number of fused-ring (bicyclic) bond motifs is 1. The molecule has 0 unspecified atom stereocenters. The van der Waals surface area contributed by atoms with E-state index in [2.05, 4.69) is 26.9 Å². The van der Waals surface area contributed by atoms with Gasteiger partial charge in [-0.3, -0.25) is 19.2 Å². The number of alkyl halides is 3. The molecule has 0 N–H and O–H groups in total. The Bertz CT molecular complexity index is 1310. The molecule has 2 saturated heterocycles. The highest BCUT2D eigenvalue weighted by molar-refractivity contribution is 5.96. The van der Waals surface area contributed by atoms with Crippen molar-refractivity contribution in [3.63, 3.8) is 0 Å². The number of carbonyl (C=O) groups excluding carboxylic acids is 2. The fraction of sp³-hybridized carbons (Fsp3) is 0.481. The molecule has 0 radical (unpaired) electrons. The smallest absolute Gasteiger partial charge is 0.341 e. The average molecular weight is 529 g/mol. The monoisotopic (exact) mass is 528 g/mol. The summed E-state index contributed by atoms with van der Waals surface area (Å²) < 4.78 is 40.4. The lowest BCUT2D eigenvalue weighted by Gasteiger charge is -2.42. The lowest BCUT2D eigenvalue weighted by Crippen LogP contribution is -2.53. The van der Waals surface area contributed by atoms with E-state index >= 15 is 0 Å². The van der Waals surface area contributed by atoms with Crippen LogP contribution in [0.15, 0.2) is 42.6 Å². The molecule has 2 fully saturated rings. The van der Waals surface area contributed by atoms with Crippen molar-refractivity contribution >= 4 is 22.6 Å². The van der Waals surface area contributed by atoms with Crippen LogP contribution in [0.1, 0.15) is 34.6 Å². The molecule has 4 heterocycles. The zero-order valence-electron chi connectivity index (χ0n) is 21.3. The second-order valence-corrected chi connectivity index (χ2v) is 10.2. The maximum Gasteiger partial charge on any atom is 0.433 e. The summed E-state index contributed by atoms with van der Waals surface area (Å²) >= 11 is 0. The molecule has 0 bridgehead atoms. The number of piperidine rings is 1. The Kier molecular flexibility index (Phi) is 7.49. The van der Waals surface area contributed by atoms with Crippen LogP contribution in [0.2, 0.25) is 0 Å². The topological polar surface area (TPSA) is 74.6 Å². The van der Waals surface area contributed by atoms with E-state index in [0.717, 1.165) is 63.6 Å². The number of likely N-dealkylation sites (tertiary alicyclic amines) is 1. The Balaban J connectivity index is 1.18. The number of likely N-dealkylation sites (N-methyl/N-ethyl adjacent to an activating group) is 1. The second kappa shape index (κ2) is 10.8. The van der Waals surface area contributed by atoms with E-state index in [9.17, 15) is 22.8 Å². The van der Waals surface area contributed by atoms with Gasteiger partial charge in [-0.15, -0.1) is 0 Å². The van der Waals surface area contributed by atoms with Crippen LogP contribution in [0.25, 0.3) is 10.9 Å². The molecular formula is C27H31F3N6O2. The first-order chi connectivity index (χ1) is 18.2. The van der Waals surface area contributed by atoms with Crippen molar-refractivity contribution in [3.05, 3.63) is 59.5 Å². The molecule has 0 saturated carbocycles. The summed E-state index contributed by atoms with van der Waals surface area (Å²) in [6.07, 6.45) is -0.970. The maximum absolute atomic E-state index is 13.0. The molecule has 8 nitrogen and oxygen atoms in total. The van der Waals surface area contributed by atoms with Crippen LogP contribution in [0, 0.1) is 0 Å². The fourth-order valence-electron chi connectivity index (χ4n) is 5.25. The maximum atomic E-state index is 13.0. The Morgan fingerprint density at radius 1 is 1.00 bits per heavy atom. The number of aromatic nitrogens is 3. The predicted octanol–water partition coefficient (Wildman–Crippen LogP) is 3.11. The first-order valence-electron chi connectivity index (χ1n) is 12.9. The van der Waals surface area contributed by atoms with Gasteiger partial charge in [0.2, 0.25) is 5.91 Å². The van der Waals surface area contributed by atoms with Gasteiger partial charge in [-0.25, -0.2) is 4.98 Å². The summed E-state index contributed by atoms with van der Waals surface area (Å²) in [6, 6.07) is 9.09. The number of benzene rings is 1. The van der Waals surface area contributed by atoms with Crippen molar-refractivity contribution in [1.82, 2.24) is 29.5 Å². The van der Waals surface area contributed by atoms with Crippen LogP contribution < -0.4 is 0 Å². The average Bonchev–Trinajstić information content (AvgIpc) is 3.30. The van der Waals surface area contributed by atoms with Gasteiger partial charge in [0.1, 0.15) is 17.9 Å². The van der Waals surface area contributed by atoms with Crippen molar-refractivity contribution in [1.29, 1.82) is 0 Å². The molecule has 0 aliphatic carbocycles. The normalized spacial score (nSPS) is 18.3. The zero-order valence-corrected chi connectivity index (χ0v) is 21.3. The number of ketones is 1. The largest absolute Gasteiger partial charge is 0.433 e. The minimum absolute atomic E-state index is 0.0284. The Labute approximate surface area is 219 Å². The number of Topliss-reactive ketones (excluding diaryl/α,β-unsaturated/α-hetero) is 1. The third-order valence-corrected chi connectivity index (χ3v) is 7.47. The van der Waals surface area contributed by atoms with Gasteiger partial charge in [-0.1, -0.05) is 12.1 Å². The van der Waals surface area contributed by atoms with Gasteiger partial charge >= 0.3 is 6.18 Å². The lowest BCUT2D eigenvalue weighted by molar-refractivity contribution is -0.141. The molecule has 2 aliphatic heterocycles. The quantitative estimate of drug-likeness (QED) is 0.458. The van der Waals surface area contributed by atoms with Gasteiger partial charge < -0.3 is 9.80 Å². The predicted molar refractivity (Wildman–Crippen MR) is 136 cm³/mol. The Hall–Kier alpha value is -3.31. The standard InChI is InChI=1S/C27H31F3N6O2/c1-33-11-13-34(14-12-33)21-7-9-35(10-8-21)26(38)18-36-17-20-15-19(5-6-22(20)32-36)16-24(37)23-3-2-4-25(31-23)27(28,29)30/h2-6,15,17,21H,7-14,16,18H2,1H3. The van der Waals surface area contributed by atoms with Crippen LogP contribution in [0.5, 0.6) is 0 Å². The highest BCUT2D eigenvalue weighted by Gasteiger charge is 2.33. The number of hydrogen-bond donors (Lipinski definition) is 0. The first-order valence-corrected chi connectivity index (χ1v) is 12.9. The molecule has 2 aromatic heterocycles. The highest BCUT2D eigenvalue weighted by Crippen LogP contribution is 2.27. The second-order valence-electron chi connectivity index (χ2n) is 10.2. The van der Waals surface area contributed by atoms with Crippen molar-refractivity contribution in [3.8, 4) is 0 Å². The lowest BCUT2D eigenvalue weighted by atomic mass is 10.0. The Morgan fingerprint density at radius 3 is 2.45 bits per heavy atom. The summed E-state index contributed by atoms with van der Waals surface area (Å²) in [4.78, 5) is 35.8. The van der Waals surface area contributed by atoms with E-state index in [-0.39, 0.29) is 24.6 Å². The van der Waals surface area contributed by atoms with Crippen LogP contribution in [0.3, 0.4) is 0 Å². The summed E-state index contributed by atoms with van der Waals surface area (Å²) in [7, 11) is 2.15. The van der Waals surface area contributed by atoms with E-state index < -0.39 is 17.7 Å². The molecule has 5 rings (SSSR count). The van der Waals surface area contributed by atoms with Gasteiger partial charge in [-0.05, 0) is 49.7 Å². The van der Waals surface area contributed by atoms with Crippen LogP contribution in [0.4, 0.5) is 13.2 Å². The van der Waals surface area contributed by atoms with Crippen LogP contribution in [-0.2, 0) is 23.9 Å². The van der Waals surface area contributed by atoms with Crippen molar-refractivity contribution < 1.29 is 22.8 Å². The van der Waals surface area contributed by atoms with Gasteiger partial charge in [-0.2, -0.15) is 18.3 Å². The molecule has 1 aromatic carbocycles. The number of nitrogens with zero attached hydrogens (tertiary/aromatic N) is 6. The molecule has 2 aliphatic rings. The fourth-order valence-corrected chi connectivity index (χ4v) is 5.25. The SMILES string of the molecule is CN1CCN(C2CCN(C(=O)Cn3cc4cc(CC(=O)c5cccc(C(F)(F)F)n5)ccc4n3)CC2)CC1. The number of piperazine rings is 1. The van der Waals surface area contributed by atoms with Crippen LogP contribution >= 0.6 is 0 Å². The third-order valence-electron chi connectivity index (χ3n) is 7.47. The molecule has 3 aromatic rings. The van der Waals surface area contributed by atoms with Gasteiger partial charge in [0.25, 0.3) is 0 Å². The number of carbonyl (C=O) groups is 2. The summed E-state index contributed by atoms with van der Waals surface area (Å²) in [5.74, 6) is -0.473. The molecule has 202 valence electrons.